The first-order chi connectivity index (χ1) is 4.75. The lowest BCUT2D eigenvalue weighted by molar-refractivity contribution is 0.795. The highest BCUT2D eigenvalue weighted by molar-refractivity contribution is 5.85. The highest BCUT2D eigenvalue weighted by Gasteiger charge is 1.96. The SMILES string of the molecule is Cl.Cl.Cn1ccnc(CN)c1=O. The molecule has 0 amide bonds. The van der Waals surface area contributed by atoms with Crippen LogP contribution < -0.4 is 11.3 Å². The Hall–Kier alpha value is -0.580. The Morgan fingerprint density at radius 3 is 2.58 bits per heavy atom. The molecule has 0 aliphatic rings. The topological polar surface area (TPSA) is 60.9 Å². The Morgan fingerprint density at radius 1 is 1.58 bits per heavy atom. The molecule has 1 aromatic heterocycles. The summed E-state index contributed by atoms with van der Waals surface area (Å²) in [5.74, 6) is 0. The molecule has 0 aliphatic heterocycles. The number of aromatic nitrogens is 2. The van der Waals surface area contributed by atoms with Crippen LogP contribution in [0.3, 0.4) is 0 Å². The zero-order chi connectivity index (χ0) is 7.56. The zero-order valence-corrected chi connectivity index (χ0v) is 8.19. The fraction of sp³-hybridized carbons (Fsp3) is 0.333. The van der Waals surface area contributed by atoms with Crippen molar-refractivity contribution in [2.75, 3.05) is 0 Å². The molecular formula is C6H11Cl2N3O. The summed E-state index contributed by atoms with van der Waals surface area (Å²) in [7, 11) is 1.67. The second kappa shape index (κ2) is 5.99. The van der Waals surface area contributed by atoms with E-state index in [2.05, 4.69) is 4.98 Å². The Kier molecular flexibility index (Phi) is 6.98. The number of hydrogen-bond donors (Lipinski definition) is 1. The lowest BCUT2D eigenvalue weighted by atomic mass is 10.4. The van der Waals surface area contributed by atoms with Gasteiger partial charge in [0.1, 0.15) is 5.69 Å². The normalized spacial score (nSPS) is 8.17. The van der Waals surface area contributed by atoms with E-state index in [4.69, 9.17) is 5.73 Å². The number of halogens is 2. The van der Waals surface area contributed by atoms with Crippen molar-refractivity contribution in [3.63, 3.8) is 0 Å². The number of hydrogen-bond acceptors (Lipinski definition) is 3. The highest BCUT2D eigenvalue weighted by atomic mass is 35.5. The van der Waals surface area contributed by atoms with Crippen molar-refractivity contribution in [2.45, 2.75) is 6.54 Å². The minimum absolute atomic E-state index is 0. The summed E-state index contributed by atoms with van der Waals surface area (Å²) in [5.41, 5.74) is 5.53. The van der Waals surface area contributed by atoms with E-state index < -0.39 is 0 Å². The molecule has 0 bridgehead atoms. The molecule has 2 N–H and O–H groups in total. The van der Waals surface area contributed by atoms with E-state index in [9.17, 15) is 4.79 Å². The van der Waals surface area contributed by atoms with Crippen LogP contribution in [0.1, 0.15) is 5.69 Å². The minimum Gasteiger partial charge on any atom is -0.325 e. The van der Waals surface area contributed by atoms with Crippen molar-refractivity contribution in [1.82, 2.24) is 9.55 Å². The van der Waals surface area contributed by atoms with Gasteiger partial charge in [0.2, 0.25) is 0 Å². The molecule has 1 heterocycles. The van der Waals surface area contributed by atoms with E-state index in [0.29, 0.717) is 5.69 Å². The van der Waals surface area contributed by atoms with Crippen molar-refractivity contribution in [2.24, 2.45) is 12.8 Å². The van der Waals surface area contributed by atoms with Crippen LogP contribution in [-0.2, 0) is 13.6 Å². The molecule has 0 saturated carbocycles. The Morgan fingerprint density at radius 2 is 2.17 bits per heavy atom. The maximum Gasteiger partial charge on any atom is 0.273 e. The van der Waals surface area contributed by atoms with Crippen LogP contribution in [-0.4, -0.2) is 9.55 Å². The first kappa shape index (κ1) is 14.0. The predicted molar refractivity (Wildman–Crippen MR) is 51.9 cm³/mol. The van der Waals surface area contributed by atoms with Crippen LogP contribution >= 0.6 is 24.8 Å². The smallest absolute Gasteiger partial charge is 0.273 e. The van der Waals surface area contributed by atoms with Crippen molar-refractivity contribution in [3.8, 4) is 0 Å². The molecule has 12 heavy (non-hydrogen) atoms. The second-order valence-electron chi connectivity index (χ2n) is 1.99. The molecule has 4 nitrogen and oxygen atoms in total. The lowest BCUT2D eigenvalue weighted by Crippen LogP contribution is -2.23. The van der Waals surface area contributed by atoms with Gasteiger partial charge in [0.25, 0.3) is 5.56 Å². The van der Waals surface area contributed by atoms with E-state index in [1.54, 1.807) is 19.4 Å². The van der Waals surface area contributed by atoms with Crippen LogP contribution in [0.2, 0.25) is 0 Å². The minimum atomic E-state index is -0.120. The predicted octanol–water partition coefficient (Wildman–Crippen LogP) is 0.0826. The van der Waals surface area contributed by atoms with Gasteiger partial charge >= 0.3 is 0 Å². The van der Waals surface area contributed by atoms with Gasteiger partial charge in [-0.3, -0.25) is 9.78 Å². The van der Waals surface area contributed by atoms with E-state index in [1.165, 1.54) is 4.57 Å². The molecule has 0 fully saturated rings. The fourth-order valence-electron chi connectivity index (χ4n) is 0.690. The average Bonchev–Trinajstić information content (AvgIpc) is 1.95. The zero-order valence-electron chi connectivity index (χ0n) is 6.56. The van der Waals surface area contributed by atoms with E-state index >= 15 is 0 Å². The Labute approximate surface area is 82.6 Å². The van der Waals surface area contributed by atoms with Gasteiger partial charge in [-0.1, -0.05) is 0 Å². The molecule has 1 rings (SSSR count). The molecule has 0 spiro atoms. The summed E-state index contributed by atoms with van der Waals surface area (Å²) in [4.78, 5) is 14.8. The van der Waals surface area contributed by atoms with Gasteiger partial charge in [0.05, 0.1) is 0 Å². The maximum absolute atomic E-state index is 11.0. The first-order valence-corrected chi connectivity index (χ1v) is 2.96. The molecule has 70 valence electrons. The van der Waals surface area contributed by atoms with E-state index in [0.717, 1.165) is 0 Å². The van der Waals surface area contributed by atoms with Crippen LogP contribution in [0.15, 0.2) is 17.2 Å². The fourth-order valence-corrected chi connectivity index (χ4v) is 0.690. The van der Waals surface area contributed by atoms with Gasteiger partial charge in [-0.25, -0.2) is 0 Å². The third-order valence-electron chi connectivity index (χ3n) is 1.28. The summed E-state index contributed by atoms with van der Waals surface area (Å²) in [5, 5.41) is 0. The van der Waals surface area contributed by atoms with E-state index in [1.807, 2.05) is 0 Å². The van der Waals surface area contributed by atoms with Crippen molar-refractivity contribution in [1.29, 1.82) is 0 Å². The van der Waals surface area contributed by atoms with Gasteiger partial charge in [0.15, 0.2) is 0 Å². The van der Waals surface area contributed by atoms with Gasteiger partial charge in [-0.05, 0) is 0 Å². The van der Waals surface area contributed by atoms with Gasteiger partial charge in [-0.2, -0.15) is 0 Å². The number of rotatable bonds is 1. The summed E-state index contributed by atoms with van der Waals surface area (Å²) in [6.45, 7) is 0.202. The van der Waals surface area contributed by atoms with Crippen molar-refractivity contribution >= 4 is 24.8 Å². The molecule has 1 aromatic rings. The Bertz CT molecular complexity index is 286. The third kappa shape index (κ3) is 2.81. The largest absolute Gasteiger partial charge is 0.325 e. The highest BCUT2D eigenvalue weighted by Crippen LogP contribution is 1.79. The second-order valence-corrected chi connectivity index (χ2v) is 1.99. The number of nitrogens with zero attached hydrogens (tertiary/aromatic N) is 2. The van der Waals surface area contributed by atoms with Crippen LogP contribution in [0.25, 0.3) is 0 Å². The molecular weight excluding hydrogens is 201 g/mol. The van der Waals surface area contributed by atoms with E-state index in [-0.39, 0.29) is 36.9 Å². The van der Waals surface area contributed by atoms with Crippen LogP contribution in [0.5, 0.6) is 0 Å². The van der Waals surface area contributed by atoms with Gasteiger partial charge in [-0.15, -0.1) is 24.8 Å². The quantitative estimate of drug-likeness (QED) is 0.717. The Balaban J connectivity index is 0. The molecule has 0 atom stereocenters. The molecule has 0 aliphatic carbocycles. The van der Waals surface area contributed by atoms with Crippen molar-refractivity contribution in [3.05, 3.63) is 28.4 Å². The van der Waals surface area contributed by atoms with Crippen LogP contribution in [0.4, 0.5) is 0 Å². The molecule has 0 saturated heterocycles. The molecule has 0 radical (unpaired) electrons. The summed E-state index contributed by atoms with van der Waals surface area (Å²) < 4.78 is 1.45. The van der Waals surface area contributed by atoms with Gasteiger partial charge in [0, 0.05) is 26.0 Å². The van der Waals surface area contributed by atoms with Crippen LogP contribution in [0, 0.1) is 0 Å². The maximum atomic E-state index is 11.0. The summed E-state index contributed by atoms with van der Waals surface area (Å²) in [6.07, 6.45) is 3.16. The molecule has 0 aromatic carbocycles. The van der Waals surface area contributed by atoms with Crippen molar-refractivity contribution < 1.29 is 0 Å². The average molecular weight is 212 g/mol. The molecule has 0 unspecified atom stereocenters. The summed E-state index contributed by atoms with van der Waals surface area (Å²) in [6, 6.07) is 0. The number of nitrogens with two attached hydrogens (primary N) is 1. The first-order valence-electron chi connectivity index (χ1n) is 2.96. The number of aryl methyl sites for hydroxylation is 1. The van der Waals surface area contributed by atoms with Gasteiger partial charge < -0.3 is 10.3 Å². The third-order valence-corrected chi connectivity index (χ3v) is 1.28. The standard InChI is InChI=1S/C6H9N3O.2ClH/c1-9-3-2-8-5(4-7)6(9)10;;/h2-3H,4,7H2,1H3;2*1H. The molecule has 6 heteroatoms. The lowest BCUT2D eigenvalue weighted by Gasteiger charge is -1.96. The summed E-state index contributed by atoms with van der Waals surface area (Å²) >= 11 is 0. The monoisotopic (exact) mass is 211 g/mol.